The molecule has 0 radical (unpaired) electrons. The lowest BCUT2D eigenvalue weighted by Gasteiger charge is -2.12. The Bertz CT molecular complexity index is 795. The summed E-state index contributed by atoms with van der Waals surface area (Å²) < 4.78 is 11.6. The largest absolute Gasteiger partial charge is 0.486 e. The van der Waals surface area contributed by atoms with Gasteiger partial charge >= 0.3 is 5.97 Å². The average Bonchev–Trinajstić information content (AvgIpc) is 2.59. The number of esters is 1. The van der Waals surface area contributed by atoms with Gasteiger partial charge in [0.1, 0.15) is 5.82 Å². The Morgan fingerprint density at radius 2 is 1.88 bits per heavy atom. The second-order valence-electron chi connectivity index (χ2n) is 4.91. The molecule has 6 nitrogen and oxygen atoms in total. The van der Waals surface area contributed by atoms with Gasteiger partial charge in [-0.05, 0) is 25.5 Å². The first-order chi connectivity index (χ1) is 11.6. The highest BCUT2D eigenvalue weighted by molar-refractivity contribution is 5.90. The summed E-state index contributed by atoms with van der Waals surface area (Å²) in [6, 6.07) is 9.59. The molecule has 0 saturated carbocycles. The standard InChI is InChI=1S/C18H20N2O4/c1-4-23-16-15(18(22)24-5-2)19-14(20(3)17(16)21)12-11-13-9-7-6-8-10-13/h6-12H,4-5H2,1-3H3/b12-11+. The Kier molecular flexibility index (Phi) is 5.89. The van der Waals surface area contributed by atoms with Crippen LogP contribution in [0, 0.1) is 0 Å². The summed E-state index contributed by atoms with van der Waals surface area (Å²) in [7, 11) is 1.58. The molecule has 24 heavy (non-hydrogen) atoms. The molecule has 0 amide bonds. The smallest absolute Gasteiger partial charge is 0.361 e. The zero-order valence-electron chi connectivity index (χ0n) is 14.0. The Balaban J connectivity index is 2.51. The maximum atomic E-state index is 12.5. The van der Waals surface area contributed by atoms with Crippen LogP contribution in [-0.2, 0) is 11.8 Å². The van der Waals surface area contributed by atoms with E-state index in [4.69, 9.17) is 9.47 Å². The van der Waals surface area contributed by atoms with Crippen molar-refractivity contribution in [2.24, 2.45) is 7.05 Å². The van der Waals surface area contributed by atoms with Gasteiger partial charge in [-0.2, -0.15) is 0 Å². The van der Waals surface area contributed by atoms with Crippen LogP contribution < -0.4 is 10.3 Å². The van der Waals surface area contributed by atoms with Crippen molar-refractivity contribution in [2.45, 2.75) is 13.8 Å². The van der Waals surface area contributed by atoms with E-state index in [0.717, 1.165) is 5.56 Å². The van der Waals surface area contributed by atoms with E-state index >= 15 is 0 Å². The van der Waals surface area contributed by atoms with Gasteiger partial charge in [-0.3, -0.25) is 9.36 Å². The number of nitrogens with zero attached hydrogens (tertiary/aromatic N) is 2. The van der Waals surface area contributed by atoms with E-state index in [-0.39, 0.29) is 24.7 Å². The molecule has 1 aromatic heterocycles. The molecule has 1 heterocycles. The Labute approximate surface area is 140 Å². The lowest BCUT2D eigenvalue weighted by molar-refractivity contribution is 0.0513. The van der Waals surface area contributed by atoms with E-state index in [1.165, 1.54) is 4.57 Å². The third kappa shape index (κ3) is 3.90. The first kappa shape index (κ1) is 17.5. The number of carbonyl (C=O) groups is 1. The highest BCUT2D eigenvalue weighted by atomic mass is 16.5. The molecule has 1 aromatic carbocycles. The fourth-order valence-electron chi connectivity index (χ4n) is 2.09. The van der Waals surface area contributed by atoms with Crippen LogP contribution in [0.3, 0.4) is 0 Å². The summed E-state index contributed by atoms with van der Waals surface area (Å²) >= 11 is 0. The van der Waals surface area contributed by atoms with Crippen LogP contribution in [0.1, 0.15) is 35.7 Å². The molecular formula is C18H20N2O4. The predicted octanol–water partition coefficient (Wildman–Crippen LogP) is 2.53. The van der Waals surface area contributed by atoms with Crippen molar-refractivity contribution in [1.29, 1.82) is 0 Å². The van der Waals surface area contributed by atoms with Crippen LogP contribution in [0.15, 0.2) is 35.1 Å². The van der Waals surface area contributed by atoms with Crippen LogP contribution in [0.2, 0.25) is 0 Å². The number of ether oxygens (including phenoxy) is 2. The monoisotopic (exact) mass is 328 g/mol. The number of rotatable bonds is 6. The average molecular weight is 328 g/mol. The SMILES string of the molecule is CCOC(=O)c1nc(/C=C/c2ccccc2)n(C)c(=O)c1OCC. The summed E-state index contributed by atoms with van der Waals surface area (Å²) in [6.07, 6.45) is 3.49. The molecule has 2 aromatic rings. The Morgan fingerprint density at radius 1 is 1.17 bits per heavy atom. The van der Waals surface area contributed by atoms with Crippen molar-refractivity contribution in [2.75, 3.05) is 13.2 Å². The highest BCUT2D eigenvalue weighted by Gasteiger charge is 2.22. The predicted molar refractivity (Wildman–Crippen MR) is 92.0 cm³/mol. The normalized spacial score (nSPS) is 10.8. The first-order valence-electron chi connectivity index (χ1n) is 7.72. The third-order valence-corrected chi connectivity index (χ3v) is 3.27. The summed E-state index contributed by atoms with van der Waals surface area (Å²) in [5, 5.41) is 0. The molecule has 0 saturated heterocycles. The molecule has 0 fully saturated rings. The maximum Gasteiger partial charge on any atom is 0.361 e. The molecule has 0 bridgehead atoms. The second-order valence-corrected chi connectivity index (χ2v) is 4.91. The van der Waals surface area contributed by atoms with Crippen molar-refractivity contribution < 1.29 is 14.3 Å². The first-order valence-corrected chi connectivity index (χ1v) is 7.72. The molecule has 0 spiro atoms. The quantitative estimate of drug-likeness (QED) is 0.762. The van der Waals surface area contributed by atoms with Gasteiger partial charge in [-0.15, -0.1) is 0 Å². The van der Waals surface area contributed by atoms with Crippen LogP contribution in [0.25, 0.3) is 12.2 Å². The van der Waals surface area contributed by atoms with E-state index in [1.807, 2.05) is 36.4 Å². The number of hydrogen-bond acceptors (Lipinski definition) is 5. The van der Waals surface area contributed by atoms with Gasteiger partial charge < -0.3 is 9.47 Å². The molecule has 0 unspecified atom stereocenters. The van der Waals surface area contributed by atoms with Crippen molar-refractivity contribution >= 4 is 18.1 Å². The van der Waals surface area contributed by atoms with Crippen LogP contribution in [0.4, 0.5) is 0 Å². The maximum absolute atomic E-state index is 12.5. The fraction of sp³-hybridized carbons (Fsp3) is 0.278. The van der Waals surface area contributed by atoms with E-state index in [0.29, 0.717) is 5.82 Å². The van der Waals surface area contributed by atoms with Gasteiger partial charge in [0.15, 0.2) is 5.69 Å². The Morgan fingerprint density at radius 3 is 2.50 bits per heavy atom. The van der Waals surface area contributed by atoms with Gasteiger partial charge in [-0.25, -0.2) is 9.78 Å². The van der Waals surface area contributed by atoms with Crippen LogP contribution in [-0.4, -0.2) is 28.7 Å². The van der Waals surface area contributed by atoms with Gasteiger partial charge in [-0.1, -0.05) is 36.4 Å². The van der Waals surface area contributed by atoms with Crippen LogP contribution in [0.5, 0.6) is 5.75 Å². The number of benzene rings is 1. The van der Waals surface area contributed by atoms with Gasteiger partial charge in [0.2, 0.25) is 5.75 Å². The molecule has 0 aliphatic rings. The fourth-order valence-corrected chi connectivity index (χ4v) is 2.09. The van der Waals surface area contributed by atoms with Crippen LogP contribution >= 0.6 is 0 Å². The zero-order valence-corrected chi connectivity index (χ0v) is 14.0. The lowest BCUT2D eigenvalue weighted by atomic mass is 10.2. The topological polar surface area (TPSA) is 70.4 Å². The molecular weight excluding hydrogens is 308 g/mol. The minimum atomic E-state index is -0.673. The highest BCUT2D eigenvalue weighted by Crippen LogP contribution is 2.14. The molecule has 6 heteroatoms. The minimum Gasteiger partial charge on any atom is -0.486 e. The number of hydrogen-bond donors (Lipinski definition) is 0. The third-order valence-electron chi connectivity index (χ3n) is 3.27. The van der Waals surface area contributed by atoms with Crippen molar-refractivity contribution in [1.82, 2.24) is 9.55 Å². The number of aromatic nitrogens is 2. The van der Waals surface area contributed by atoms with Gasteiger partial charge in [0.25, 0.3) is 5.56 Å². The van der Waals surface area contributed by atoms with Crippen molar-refractivity contribution in [3.63, 3.8) is 0 Å². The molecule has 0 aliphatic carbocycles. The summed E-state index contributed by atoms with van der Waals surface area (Å²) in [6.45, 7) is 3.87. The van der Waals surface area contributed by atoms with E-state index < -0.39 is 11.5 Å². The molecule has 2 rings (SSSR count). The van der Waals surface area contributed by atoms with E-state index in [2.05, 4.69) is 4.98 Å². The molecule has 126 valence electrons. The summed E-state index contributed by atoms with van der Waals surface area (Å²) in [4.78, 5) is 28.8. The summed E-state index contributed by atoms with van der Waals surface area (Å²) in [5.41, 5.74) is 0.426. The van der Waals surface area contributed by atoms with Gasteiger partial charge in [0, 0.05) is 7.05 Å². The lowest BCUT2D eigenvalue weighted by Crippen LogP contribution is -2.27. The zero-order chi connectivity index (χ0) is 17.5. The van der Waals surface area contributed by atoms with Crippen molar-refractivity contribution in [3.05, 3.63) is 57.8 Å². The molecule has 0 N–H and O–H groups in total. The molecule has 0 aliphatic heterocycles. The summed E-state index contributed by atoms with van der Waals surface area (Å²) in [5.74, 6) is -0.418. The van der Waals surface area contributed by atoms with E-state index in [9.17, 15) is 9.59 Å². The van der Waals surface area contributed by atoms with Gasteiger partial charge in [0.05, 0.1) is 13.2 Å². The Hall–Kier alpha value is -2.89. The minimum absolute atomic E-state index is 0.0877. The molecule has 0 atom stereocenters. The van der Waals surface area contributed by atoms with Crippen molar-refractivity contribution in [3.8, 4) is 5.75 Å². The second kappa shape index (κ2) is 8.10. The van der Waals surface area contributed by atoms with E-state index in [1.54, 1.807) is 27.0 Å². The number of carbonyl (C=O) groups excluding carboxylic acids is 1.